The highest BCUT2D eigenvalue weighted by Crippen LogP contribution is 2.37. The Balaban J connectivity index is 2.44. The van der Waals surface area contributed by atoms with E-state index in [-0.39, 0.29) is 35.7 Å². The zero-order valence-electron chi connectivity index (χ0n) is 13.5. The van der Waals surface area contributed by atoms with Crippen LogP contribution in [0.15, 0.2) is 0 Å². The highest BCUT2D eigenvalue weighted by molar-refractivity contribution is 5.74. The van der Waals surface area contributed by atoms with Crippen molar-refractivity contribution in [3.8, 4) is 0 Å². The number of nitrogens with one attached hydrogen (secondary N) is 2. The molecule has 5 nitrogen and oxygen atoms in total. The molecule has 1 rings (SSSR count). The molecule has 1 saturated carbocycles. The molecule has 0 aromatic heterocycles. The minimum absolute atomic E-state index is 0.0340. The van der Waals surface area contributed by atoms with Gasteiger partial charge >= 0.3 is 6.03 Å². The maximum atomic E-state index is 12.0. The van der Waals surface area contributed by atoms with E-state index in [9.17, 15) is 9.90 Å². The molecule has 0 heterocycles. The van der Waals surface area contributed by atoms with Crippen LogP contribution in [0.5, 0.6) is 0 Å². The van der Waals surface area contributed by atoms with Gasteiger partial charge in [-0.1, -0.05) is 13.3 Å². The summed E-state index contributed by atoms with van der Waals surface area (Å²) in [4.78, 5) is 12.0. The summed E-state index contributed by atoms with van der Waals surface area (Å²) in [6.07, 6.45) is 3.69. The van der Waals surface area contributed by atoms with Gasteiger partial charge in [0.15, 0.2) is 0 Å². The van der Waals surface area contributed by atoms with E-state index in [0.29, 0.717) is 0 Å². The van der Waals surface area contributed by atoms with Crippen LogP contribution < -0.4 is 10.6 Å². The smallest absolute Gasteiger partial charge is 0.315 e. The number of amides is 2. The molecule has 3 atom stereocenters. The second-order valence-corrected chi connectivity index (χ2v) is 6.94. The minimum atomic E-state index is -0.250. The maximum Gasteiger partial charge on any atom is 0.315 e. The summed E-state index contributed by atoms with van der Waals surface area (Å²) >= 11 is 0. The molecule has 118 valence electrons. The summed E-state index contributed by atoms with van der Waals surface area (Å²) in [6.45, 7) is 8.12. The quantitative estimate of drug-likeness (QED) is 0.700. The molecule has 1 aliphatic carbocycles. The van der Waals surface area contributed by atoms with Gasteiger partial charge < -0.3 is 20.5 Å². The third kappa shape index (κ3) is 4.63. The Kier molecular flexibility index (Phi) is 5.83. The molecule has 3 unspecified atom stereocenters. The SMILES string of the molecule is COC(C)(C)CC(C)NC(=O)NC1CCCC1(C)CO. The Labute approximate surface area is 122 Å². The van der Waals surface area contributed by atoms with E-state index in [2.05, 4.69) is 10.6 Å². The van der Waals surface area contributed by atoms with Crippen molar-refractivity contribution >= 4 is 6.03 Å². The van der Waals surface area contributed by atoms with E-state index < -0.39 is 0 Å². The van der Waals surface area contributed by atoms with Crippen molar-refractivity contribution in [3.05, 3.63) is 0 Å². The fourth-order valence-electron chi connectivity index (χ4n) is 2.96. The van der Waals surface area contributed by atoms with Gasteiger partial charge in [-0.2, -0.15) is 0 Å². The number of hydrogen-bond acceptors (Lipinski definition) is 3. The molecular weight excluding hydrogens is 256 g/mol. The molecule has 0 spiro atoms. The molecule has 0 saturated heterocycles. The summed E-state index contributed by atoms with van der Waals surface area (Å²) in [5.41, 5.74) is -0.438. The summed E-state index contributed by atoms with van der Waals surface area (Å²) in [5.74, 6) is 0. The number of ether oxygens (including phenoxy) is 1. The van der Waals surface area contributed by atoms with Gasteiger partial charge in [0.1, 0.15) is 0 Å². The van der Waals surface area contributed by atoms with E-state index >= 15 is 0 Å². The molecule has 5 heteroatoms. The Morgan fingerprint density at radius 3 is 2.75 bits per heavy atom. The topological polar surface area (TPSA) is 70.6 Å². The lowest BCUT2D eigenvalue weighted by Crippen LogP contribution is -2.51. The number of carbonyl (C=O) groups excluding carboxylic acids is 1. The average Bonchev–Trinajstić information content (AvgIpc) is 2.70. The number of urea groups is 1. The number of aliphatic hydroxyl groups is 1. The Hall–Kier alpha value is -0.810. The lowest BCUT2D eigenvalue weighted by Gasteiger charge is -2.31. The number of methoxy groups -OCH3 is 1. The third-order valence-electron chi connectivity index (χ3n) is 4.48. The third-order valence-corrected chi connectivity index (χ3v) is 4.48. The van der Waals surface area contributed by atoms with E-state index in [1.807, 2.05) is 27.7 Å². The average molecular weight is 286 g/mol. The van der Waals surface area contributed by atoms with Crippen LogP contribution in [0.1, 0.15) is 53.4 Å². The van der Waals surface area contributed by atoms with E-state index in [1.54, 1.807) is 7.11 Å². The molecule has 0 radical (unpaired) electrons. The van der Waals surface area contributed by atoms with E-state index in [0.717, 1.165) is 25.7 Å². The van der Waals surface area contributed by atoms with Crippen molar-refractivity contribution in [1.29, 1.82) is 0 Å². The van der Waals surface area contributed by atoms with E-state index in [4.69, 9.17) is 4.74 Å². The largest absolute Gasteiger partial charge is 0.396 e. The summed E-state index contributed by atoms with van der Waals surface area (Å²) in [5, 5.41) is 15.4. The van der Waals surface area contributed by atoms with Crippen LogP contribution in [-0.2, 0) is 4.74 Å². The maximum absolute atomic E-state index is 12.0. The monoisotopic (exact) mass is 286 g/mol. The molecule has 20 heavy (non-hydrogen) atoms. The fourth-order valence-corrected chi connectivity index (χ4v) is 2.96. The van der Waals surface area contributed by atoms with Gasteiger partial charge in [0.25, 0.3) is 0 Å². The first-order valence-electron chi connectivity index (χ1n) is 7.45. The first-order valence-corrected chi connectivity index (χ1v) is 7.45. The number of rotatable bonds is 6. The van der Waals surface area contributed by atoms with Crippen LogP contribution in [-0.4, -0.2) is 42.5 Å². The van der Waals surface area contributed by atoms with Crippen molar-refractivity contribution in [2.45, 2.75) is 71.1 Å². The number of carbonyl (C=O) groups is 1. The minimum Gasteiger partial charge on any atom is -0.396 e. The molecular formula is C15H30N2O3. The number of aliphatic hydroxyl groups excluding tert-OH is 1. The van der Waals surface area contributed by atoms with Crippen molar-refractivity contribution in [2.75, 3.05) is 13.7 Å². The van der Waals surface area contributed by atoms with Crippen molar-refractivity contribution in [3.63, 3.8) is 0 Å². The molecule has 1 fully saturated rings. The first-order chi connectivity index (χ1) is 9.22. The molecule has 0 aromatic carbocycles. The zero-order valence-corrected chi connectivity index (χ0v) is 13.5. The Morgan fingerprint density at radius 2 is 2.20 bits per heavy atom. The highest BCUT2D eigenvalue weighted by Gasteiger charge is 2.39. The summed E-state index contributed by atoms with van der Waals surface area (Å²) in [6, 6.07) is -0.0714. The number of hydrogen-bond donors (Lipinski definition) is 3. The molecule has 2 amide bonds. The zero-order chi connectivity index (χ0) is 15.4. The Bertz CT molecular complexity index is 333. The van der Waals surface area contributed by atoms with Gasteiger partial charge in [0.2, 0.25) is 0 Å². The second kappa shape index (κ2) is 6.76. The lowest BCUT2D eigenvalue weighted by molar-refractivity contribution is 0.00942. The van der Waals surface area contributed by atoms with Crippen molar-refractivity contribution in [2.24, 2.45) is 5.41 Å². The van der Waals surface area contributed by atoms with Gasteiger partial charge in [-0.3, -0.25) is 0 Å². The van der Waals surface area contributed by atoms with Gasteiger partial charge in [-0.15, -0.1) is 0 Å². The molecule has 0 bridgehead atoms. The predicted molar refractivity (Wildman–Crippen MR) is 79.7 cm³/mol. The van der Waals surface area contributed by atoms with Crippen molar-refractivity contribution in [1.82, 2.24) is 10.6 Å². The molecule has 0 aromatic rings. The molecule has 1 aliphatic rings. The van der Waals surface area contributed by atoms with Crippen LogP contribution in [0.25, 0.3) is 0 Å². The highest BCUT2D eigenvalue weighted by atomic mass is 16.5. The van der Waals surface area contributed by atoms with Crippen LogP contribution >= 0.6 is 0 Å². The van der Waals surface area contributed by atoms with Gasteiger partial charge in [0.05, 0.1) is 12.2 Å². The van der Waals surface area contributed by atoms with E-state index in [1.165, 1.54) is 0 Å². The van der Waals surface area contributed by atoms with Gasteiger partial charge in [0, 0.05) is 24.6 Å². The summed E-state index contributed by atoms with van der Waals surface area (Å²) in [7, 11) is 1.68. The summed E-state index contributed by atoms with van der Waals surface area (Å²) < 4.78 is 5.37. The normalized spacial score (nSPS) is 28.2. The fraction of sp³-hybridized carbons (Fsp3) is 0.933. The lowest BCUT2D eigenvalue weighted by atomic mass is 9.86. The standard InChI is InChI=1S/C15H30N2O3/c1-11(9-14(2,3)20-5)16-13(19)17-12-7-6-8-15(12,4)10-18/h11-12,18H,6-10H2,1-5H3,(H2,16,17,19). The van der Waals surface area contributed by atoms with Crippen LogP contribution in [0.3, 0.4) is 0 Å². The van der Waals surface area contributed by atoms with Crippen LogP contribution in [0.4, 0.5) is 4.79 Å². The predicted octanol–water partition coefficient (Wildman–Crippen LogP) is 2.04. The molecule has 0 aliphatic heterocycles. The second-order valence-electron chi connectivity index (χ2n) is 6.94. The van der Waals surface area contributed by atoms with Crippen molar-refractivity contribution < 1.29 is 14.6 Å². The van der Waals surface area contributed by atoms with Crippen LogP contribution in [0, 0.1) is 5.41 Å². The Morgan fingerprint density at radius 1 is 1.55 bits per heavy atom. The van der Waals surface area contributed by atoms with Gasteiger partial charge in [-0.05, 0) is 40.0 Å². The van der Waals surface area contributed by atoms with Crippen LogP contribution in [0.2, 0.25) is 0 Å². The first kappa shape index (κ1) is 17.2. The van der Waals surface area contributed by atoms with Gasteiger partial charge in [-0.25, -0.2) is 4.79 Å². The molecule has 3 N–H and O–H groups in total.